The zero-order valence-corrected chi connectivity index (χ0v) is 11.7. The smallest absolute Gasteiger partial charge is 0.225 e. The zero-order chi connectivity index (χ0) is 13.8. The molecular weight excluding hydrogens is 242 g/mol. The Balaban J connectivity index is 2.03. The Hall–Kier alpha value is -1.75. The zero-order valence-electron chi connectivity index (χ0n) is 11.7. The van der Waals surface area contributed by atoms with Gasteiger partial charge in [0.15, 0.2) is 0 Å². The van der Waals surface area contributed by atoms with Crippen LogP contribution in [-0.2, 0) is 4.79 Å². The molecule has 0 unspecified atom stereocenters. The maximum atomic E-state index is 11.2. The van der Waals surface area contributed by atoms with Crippen molar-refractivity contribution in [3.8, 4) is 5.75 Å². The normalized spacial score (nSPS) is 19.8. The fourth-order valence-electron chi connectivity index (χ4n) is 2.36. The van der Waals surface area contributed by atoms with Crippen LogP contribution in [0, 0.1) is 0 Å². The van der Waals surface area contributed by atoms with E-state index in [1.807, 2.05) is 24.3 Å². The van der Waals surface area contributed by atoms with Crippen LogP contribution in [0.3, 0.4) is 0 Å². The molecule has 19 heavy (non-hydrogen) atoms. The Morgan fingerprint density at radius 1 is 1.37 bits per heavy atom. The van der Waals surface area contributed by atoms with Gasteiger partial charge in [0.05, 0.1) is 7.11 Å². The fourth-order valence-corrected chi connectivity index (χ4v) is 2.36. The molecule has 0 aromatic heterocycles. The minimum Gasteiger partial charge on any atom is -0.497 e. The van der Waals surface area contributed by atoms with Crippen molar-refractivity contribution in [2.75, 3.05) is 19.0 Å². The van der Waals surface area contributed by atoms with Crippen LogP contribution in [0.2, 0.25) is 0 Å². The van der Waals surface area contributed by atoms with Crippen molar-refractivity contribution in [1.82, 2.24) is 10.0 Å². The molecule has 1 saturated heterocycles. The minimum absolute atomic E-state index is 0.0216. The second-order valence-corrected chi connectivity index (χ2v) is 4.92. The number of carbonyl (C=O) groups excluding carboxylic acids is 1. The molecule has 2 rings (SSSR count). The van der Waals surface area contributed by atoms with E-state index in [0.717, 1.165) is 30.8 Å². The van der Waals surface area contributed by atoms with Crippen molar-refractivity contribution < 1.29 is 9.53 Å². The number of carbonyl (C=O) groups is 1. The summed E-state index contributed by atoms with van der Waals surface area (Å²) in [5.41, 5.74) is 0.989. The third-order valence-electron chi connectivity index (χ3n) is 3.37. The molecule has 104 valence electrons. The number of nitrogens with zero attached hydrogens (tertiary/aromatic N) is 2. The van der Waals surface area contributed by atoms with Crippen molar-refractivity contribution in [3.63, 3.8) is 0 Å². The van der Waals surface area contributed by atoms with Crippen LogP contribution in [0.4, 0.5) is 5.69 Å². The van der Waals surface area contributed by atoms with Crippen LogP contribution in [0.5, 0.6) is 5.75 Å². The molecule has 1 aromatic rings. The molecule has 0 radical (unpaired) electrons. The molecule has 5 heteroatoms. The highest BCUT2D eigenvalue weighted by molar-refractivity contribution is 5.52. The summed E-state index contributed by atoms with van der Waals surface area (Å²) in [6, 6.07) is 8.05. The van der Waals surface area contributed by atoms with Gasteiger partial charge in [-0.2, -0.15) is 0 Å². The molecule has 1 fully saturated rings. The van der Waals surface area contributed by atoms with Gasteiger partial charge in [-0.1, -0.05) is 0 Å². The lowest BCUT2D eigenvalue weighted by Gasteiger charge is -2.32. The molecule has 1 aliphatic heterocycles. The number of hydrogen-bond donors (Lipinski definition) is 1. The number of methoxy groups -OCH3 is 1. The number of benzene rings is 1. The first kappa shape index (κ1) is 13.7. The highest BCUT2D eigenvalue weighted by Crippen LogP contribution is 2.22. The van der Waals surface area contributed by atoms with Gasteiger partial charge in [-0.3, -0.25) is 9.80 Å². The summed E-state index contributed by atoms with van der Waals surface area (Å²) in [6.45, 7) is 5.07. The summed E-state index contributed by atoms with van der Waals surface area (Å²) < 4.78 is 5.13. The maximum Gasteiger partial charge on any atom is 0.225 e. The molecule has 1 aromatic carbocycles. The van der Waals surface area contributed by atoms with Crippen molar-refractivity contribution >= 4 is 12.1 Å². The average Bonchev–Trinajstić information content (AvgIpc) is 2.82. The van der Waals surface area contributed by atoms with Crippen molar-refractivity contribution in [1.29, 1.82) is 0 Å². The maximum absolute atomic E-state index is 11.2. The van der Waals surface area contributed by atoms with Gasteiger partial charge in [0.1, 0.15) is 11.9 Å². The second-order valence-electron chi connectivity index (χ2n) is 4.92. The predicted molar refractivity (Wildman–Crippen MR) is 74.8 cm³/mol. The molecule has 1 aliphatic rings. The topological polar surface area (TPSA) is 44.8 Å². The quantitative estimate of drug-likeness (QED) is 0.824. The van der Waals surface area contributed by atoms with Gasteiger partial charge in [0.25, 0.3) is 0 Å². The van der Waals surface area contributed by atoms with E-state index in [1.165, 1.54) is 0 Å². The third-order valence-corrected chi connectivity index (χ3v) is 3.37. The van der Waals surface area contributed by atoms with Gasteiger partial charge >= 0.3 is 0 Å². The Bertz CT molecular complexity index is 419. The van der Waals surface area contributed by atoms with Crippen molar-refractivity contribution in [3.05, 3.63) is 24.3 Å². The van der Waals surface area contributed by atoms with E-state index >= 15 is 0 Å². The van der Waals surface area contributed by atoms with E-state index in [-0.39, 0.29) is 6.17 Å². The third kappa shape index (κ3) is 2.98. The predicted octanol–water partition coefficient (Wildman–Crippen LogP) is 1.92. The van der Waals surface area contributed by atoms with E-state index in [2.05, 4.69) is 24.2 Å². The lowest BCUT2D eigenvalue weighted by atomic mass is 10.2. The number of ether oxygens (including phenoxy) is 1. The lowest BCUT2D eigenvalue weighted by Crippen LogP contribution is -2.46. The van der Waals surface area contributed by atoms with E-state index in [1.54, 1.807) is 12.1 Å². The van der Waals surface area contributed by atoms with E-state index in [0.29, 0.717) is 6.04 Å². The first-order valence-electron chi connectivity index (χ1n) is 6.56. The molecule has 1 amide bonds. The summed E-state index contributed by atoms with van der Waals surface area (Å²) in [5, 5.41) is 7.20. The average molecular weight is 263 g/mol. The SMILES string of the molecule is COc1ccc(N[C@H]2CCN(C(C)C)N2C=O)cc1. The van der Waals surface area contributed by atoms with Gasteiger partial charge in [-0.15, -0.1) is 0 Å². The van der Waals surface area contributed by atoms with Crippen LogP contribution >= 0.6 is 0 Å². The lowest BCUT2D eigenvalue weighted by molar-refractivity contribution is -0.134. The first-order valence-corrected chi connectivity index (χ1v) is 6.56. The van der Waals surface area contributed by atoms with Crippen LogP contribution in [0.15, 0.2) is 24.3 Å². The fraction of sp³-hybridized carbons (Fsp3) is 0.500. The van der Waals surface area contributed by atoms with E-state index in [9.17, 15) is 4.79 Å². The standard InChI is InChI=1S/C14H21N3O2/c1-11(2)16-9-8-14(17(16)10-18)15-12-4-6-13(19-3)7-5-12/h4-7,10-11,14-15H,8-9H2,1-3H3/t14-/m1/s1. The Morgan fingerprint density at radius 2 is 2.05 bits per heavy atom. The first-order chi connectivity index (χ1) is 9.15. The Labute approximate surface area is 114 Å². The summed E-state index contributed by atoms with van der Waals surface area (Å²) in [5.74, 6) is 0.827. The molecular formula is C14H21N3O2. The second kappa shape index (κ2) is 5.93. The molecule has 0 spiro atoms. The van der Waals surface area contributed by atoms with Crippen molar-refractivity contribution in [2.24, 2.45) is 0 Å². The van der Waals surface area contributed by atoms with Crippen LogP contribution < -0.4 is 10.1 Å². The largest absolute Gasteiger partial charge is 0.497 e. The van der Waals surface area contributed by atoms with E-state index in [4.69, 9.17) is 4.74 Å². The number of nitrogens with one attached hydrogen (secondary N) is 1. The van der Waals surface area contributed by atoms with Gasteiger partial charge in [0.2, 0.25) is 6.41 Å². The number of hydrazine groups is 1. The highest BCUT2D eigenvalue weighted by Gasteiger charge is 2.31. The molecule has 0 aliphatic carbocycles. The summed E-state index contributed by atoms with van der Waals surface area (Å²) in [7, 11) is 1.65. The van der Waals surface area contributed by atoms with Crippen LogP contribution in [0.25, 0.3) is 0 Å². The number of rotatable bonds is 5. The van der Waals surface area contributed by atoms with Gasteiger partial charge in [0, 0.05) is 24.7 Å². The Kier molecular flexibility index (Phi) is 4.27. The van der Waals surface area contributed by atoms with E-state index < -0.39 is 0 Å². The highest BCUT2D eigenvalue weighted by atomic mass is 16.5. The number of hydrogen-bond acceptors (Lipinski definition) is 4. The van der Waals surface area contributed by atoms with Crippen LogP contribution in [0.1, 0.15) is 20.3 Å². The van der Waals surface area contributed by atoms with Crippen molar-refractivity contribution in [2.45, 2.75) is 32.5 Å². The number of anilines is 1. The van der Waals surface area contributed by atoms with Gasteiger partial charge < -0.3 is 10.1 Å². The summed E-state index contributed by atoms with van der Waals surface area (Å²) >= 11 is 0. The molecule has 1 heterocycles. The van der Waals surface area contributed by atoms with Crippen LogP contribution in [-0.4, -0.2) is 42.3 Å². The molecule has 0 bridgehead atoms. The van der Waals surface area contributed by atoms with Gasteiger partial charge in [-0.25, -0.2) is 5.01 Å². The minimum atomic E-state index is 0.0216. The molecule has 5 nitrogen and oxygen atoms in total. The molecule has 0 saturated carbocycles. The summed E-state index contributed by atoms with van der Waals surface area (Å²) in [6.07, 6.45) is 1.84. The molecule has 1 atom stereocenters. The van der Waals surface area contributed by atoms with Gasteiger partial charge in [-0.05, 0) is 38.1 Å². The Morgan fingerprint density at radius 3 is 2.58 bits per heavy atom. The number of amides is 1. The molecule has 1 N–H and O–H groups in total. The monoisotopic (exact) mass is 263 g/mol. The summed E-state index contributed by atoms with van der Waals surface area (Å²) in [4.78, 5) is 11.2.